The Hall–Kier alpha value is -0.850. The van der Waals surface area contributed by atoms with E-state index in [4.69, 9.17) is 0 Å². The highest BCUT2D eigenvalue weighted by atomic mass is 14.7. The van der Waals surface area contributed by atoms with Gasteiger partial charge in [-0.2, -0.15) is 0 Å². The van der Waals surface area contributed by atoms with E-state index in [-0.39, 0.29) is 0 Å². The van der Waals surface area contributed by atoms with Crippen molar-refractivity contribution >= 4 is 6.72 Å². The smallest absolute Gasteiger partial charge is 0.0394 e. The van der Waals surface area contributed by atoms with Gasteiger partial charge in [-0.15, -0.1) is 0 Å². The summed E-state index contributed by atoms with van der Waals surface area (Å²) in [6.45, 7) is 22.8. The fourth-order valence-electron chi connectivity index (χ4n) is 0.272. The molecule has 0 aromatic heterocycles. The van der Waals surface area contributed by atoms with Gasteiger partial charge in [-0.1, -0.05) is 54.2 Å². The van der Waals surface area contributed by atoms with Crippen molar-refractivity contribution in [2.75, 3.05) is 0 Å². The minimum Gasteiger partial charge on any atom is -0.269 e. The van der Waals surface area contributed by atoms with Crippen LogP contribution in [-0.4, -0.2) is 6.72 Å². The summed E-state index contributed by atoms with van der Waals surface area (Å²) in [4.78, 5) is 3.72. The number of hydrogen-bond donors (Lipinski definition) is 0. The van der Waals surface area contributed by atoms with Crippen LogP contribution >= 0.6 is 0 Å². The molecule has 0 spiro atoms. The summed E-state index contributed by atoms with van der Waals surface area (Å²) < 4.78 is 0. The van der Waals surface area contributed by atoms with Gasteiger partial charge in [0.2, 0.25) is 0 Å². The topological polar surface area (TPSA) is 12.4 Å². The zero-order valence-corrected chi connectivity index (χ0v) is 11.4. The lowest BCUT2D eigenvalue weighted by Crippen LogP contribution is -1.72. The molecular weight excluding hydrogens is 170 g/mol. The van der Waals surface area contributed by atoms with Gasteiger partial charge < -0.3 is 0 Å². The van der Waals surface area contributed by atoms with Gasteiger partial charge in [0.05, 0.1) is 0 Å². The Kier molecular flexibility index (Phi) is 48.9. The molecule has 0 heterocycles. The van der Waals surface area contributed by atoms with Gasteiger partial charge in [0, 0.05) is 5.70 Å². The van der Waals surface area contributed by atoms with Crippen LogP contribution < -0.4 is 0 Å². The second kappa shape index (κ2) is 29.5. The van der Waals surface area contributed by atoms with E-state index in [1.807, 2.05) is 55.4 Å². The molecule has 0 aliphatic rings. The first-order valence-electron chi connectivity index (χ1n) is 5.49. The normalized spacial score (nSPS) is 8.29. The number of hydrogen-bond acceptors (Lipinski definition) is 1. The van der Waals surface area contributed by atoms with Crippen molar-refractivity contribution < 1.29 is 0 Å². The van der Waals surface area contributed by atoms with Gasteiger partial charge in [-0.3, -0.25) is 4.99 Å². The molecule has 0 aromatic rings. The summed E-state index contributed by atoms with van der Waals surface area (Å²) in [7, 11) is 0. The summed E-state index contributed by atoms with van der Waals surface area (Å²) in [5, 5.41) is 0. The second-order valence-electron chi connectivity index (χ2n) is 1.63. The average molecular weight is 199 g/mol. The van der Waals surface area contributed by atoms with Crippen LogP contribution in [0.3, 0.4) is 0 Å². The molecule has 1 heteroatoms. The first-order valence-corrected chi connectivity index (χ1v) is 5.49. The lowest BCUT2D eigenvalue weighted by Gasteiger charge is -1.91. The predicted octanol–water partition coefficient (Wildman–Crippen LogP) is 5.25. The number of nitrogens with zero attached hydrogens (tertiary/aromatic N) is 1. The predicted molar refractivity (Wildman–Crippen MR) is 72.2 cm³/mol. The van der Waals surface area contributed by atoms with Crippen molar-refractivity contribution in [1.29, 1.82) is 0 Å². The summed E-state index contributed by atoms with van der Waals surface area (Å²) >= 11 is 0. The van der Waals surface area contributed by atoms with E-state index >= 15 is 0 Å². The minimum absolute atomic E-state index is 0.944. The fourth-order valence-corrected chi connectivity index (χ4v) is 0.272. The van der Waals surface area contributed by atoms with E-state index in [0.29, 0.717) is 0 Å². The zero-order chi connectivity index (χ0) is 12.6. The average Bonchev–Trinajstić information content (AvgIpc) is 2.34. The lowest BCUT2D eigenvalue weighted by molar-refractivity contribution is 1.25. The van der Waals surface area contributed by atoms with Gasteiger partial charge in [0.1, 0.15) is 0 Å². The Morgan fingerprint density at radius 3 is 1.29 bits per heavy atom. The van der Waals surface area contributed by atoms with E-state index in [1.54, 1.807) is 6.08 Å². The van der Waals surface area contributed by atoms with E-state index in [9.17, 15) is 0 Å². The monoisotopic (exact) mass is 199 g/mol. The molecule has 1 nitrogen and oxygen atoms in total. The van der Waals surface area contributed by atoms with Crippen molar-refractivity contribution in [2.24, 2.45) is 4.99 Å². The fraction of sp³-hybridized carbons (Fsp3) is 0.615. The van der Waals surface area contributed by atoms with Crippen molar-refractivity contribution in [2.45, 2.75) is 55.4 Å². The molecule has 0 aromatic carbocycles. The minimum atomic E-state index is 0.944. The summed E-state index contributed by atoms with van der Waals surface area (Å²) in [6.07, 6.45) is 1.77. The van der Waals surface area contributed by atoms with E-state index in [1.165, 1.54) is 0 Å². The zero-order valence-electron chi connectivity index (χ0n) is 11.4. The Labute approximate surface area is 91.7 Å². The highest BCUT2D eigenvalue weighted by Crippen LogP contribution is 2.02. The Morgan fingerprint density at radius 2 is 1.21 bits per heavy atom. The van der Waals surface area contributed by atoms with Crippen LogP contribution in [-0.2, 0) is 0 Å². The van der Waals surface area contributed by atoms with E-state index in [2.05, 4.69) is 18.3 Å². The molecule has 0 aliphatic heterocycles. The molecule has 0 fully saturated rings. The Bertz CT molecular complexity index is 116. The van der Waals surface area contributed by atoms with Crippen LogP contribution in [0.15, 0.2) is 28.9 Å². The molecule has 0 amide bonds. The molecule has 0 saturated carbocycles. The maximum Gasteiger partial charge on any atom is 0.0394 e. The Balaban J connectivity index is -0.0000000708. The quantitative estimate of drug-likeness (QED) is 0.425. The highest BCUT2D eigenvalue weighted by Gasteiger charge is 1.83. The summed E-state index contributed by atoms with van der Waals surface area (Å²) in [6, 6.07) is 0. The van der Waals surface area contributed by atoms with E-state index < -0.39 is 0 Å². The van der Waals surface area contributed by atoms with Gasteiger partial charge in [0.25, 0.3) is 0 Å². The molecule has 86 valence electrons. The molecule has 0 saturated heterocycles. The molecule has 0 rings (SSSR count). The van der Waals surface area contributed by atoms with Gasteiger partial charge >= 0.3 is 0 Å². The van der Waals surface area contributed by atoms with Crippen LogP contribution in [0.2, 0.25) is 0 Å². The van der Waals surface area contributed by atoms with Crippen molar-refractivity contribution in [3.8, 4) is 0 Å². The SMILES string of the molecule is C=C/C(C)=C(/C)N=C.CC.CC.CC. The number of aliphatic imine (C=N–C) groups is 1. The van der Waals surface area contributed by atoms with Crippen molar-refractivity contribution in [3.05, 3.63) is 23.9 Å². The Morgan fingerprint density at radius 1 is 0.929 bits per heavy atom. The first kappa shape index (κ1) is 23.2. The van der Waals surface area contributed by atoms with Crippen LogP contribution in [0.5, 0.6) is 0 Å². The van der Waals surface area contributed by atoms with Gasteiger partial charge in [-0.25, -0.2) is 0 Å². The summed E-state index contributed by atoms with van der Waals surface area (Å²) in [5.74, 6) is 0. The maximum absolute atomic E-state index is 3.72. The van der Waals surface area contributed by atoms with Crippen molar-refractivity contribution in [3.63, 3.8) is 0 Å². The number of rotatable bonds is 2. The molecule has 0 N–H and O–H groups in total. The van der Waals surface area contributed by atoms with Crippen LogP contribution in [0, 0.1) is 0 Å². The van der Waals surface area contributed by atoms with E-state index in [0.717, 1.165) is 11.3 Å². The third kappa shape index (κ3) is 22.5. The largest absolute Gasteiger partial charge is 0.269 e. The summed E-state index contributed by atoms with van der Waals surface area (Å²) in [5.41, 5.74) is 2.03. The standard InChI is InChI=1S/C7H11N.3C2H6/c1-5-6(2)7(3)8-4;3*1-2/h5H,1,4H2,2-3H3;3*1-2H3/b7-6-;;;. The van der Waals surface area contributed by atoms with Gasteiger partial charge in [0.15, 0.2) is 0 Å². The van der Waals surface area contributed by atoms with Crippen LogP contribution in [0.4, 0.5) is 0 Å². The van der Waals surface area contributed by atoms with Crippen LogP contribution in [0.1, 0.15) is 55.4 Å². The van der Waals surface area contributed by atoms with Crippen LogP contribution in [0.25, 0.3) is 0 Å². The molecule has 0 radical (unpaired) electrons. The molecular formula is C13H29N. The molecule has 0 bridgehead atoms. The third-order valence-corrected chi connectivity index (χ3v) is 1.11. The second-order valence-corrected chi connectivity index (χ2v) is 1.63. The third-order valence-electron chi connectivity index (χ3n) is 1.11. The molecule has 14 heavy (non-hydrogen) atoms. The molecule has 0 aliphatic carbocycles. The van der Waals surface area contributed by atoms with Gasteiger partial charge in [-0.05, 0) is 26.1 Å². The maximum atomic E-state index is 3.72. The van der Waals surface area contributed by atoms with Crippen molar-refractivity contribution in [1.82, 2.24) is 0 Å². The molecule has 0 atom stereocenters. The first-order chi connectivity index (χ1) is 6.72. The highest BCUT2D eigenvalue weighted by molar-refractivity contribution is 5.31. The number of allylic oxidation sites excluding steroid dienone is 3. The molecule has 0 unspecified atom stereocenters. The lowest BCUT2D eigenvalue weighted by atomic mass is 10.2.